The Balaban J connectivity index is 1.85. The predicted molar refractivity (Wildman–Crippen MR) is 104 cm³/mol. The molecule has 0 radical (unpaired) electrons. The number of rotatable bonds is 0. The average Bonchev–Trinajstić information content (AvgIpc) is 2.59. The van der Waals surface area contributed by atoms with Crippen LogP contribution in [-0.4, -0.2) is 15.0 Å². The van der Waals surface area contributed by atoms with Crippen LogP contribution in [0.15, 0.2) is 48.5 Å². The third-order valence-corrected chi connectivity index (χ3v) is 4.89. The zero-order valence-corrected chi connectivity index (χ0v) is 15.8. The molecule has 0 aromatic carbocycles. The maximum absolute atomic E-state index is 4.94. The van der Waals surface area contributed by atoms with Crippen LogP contribution >= 0.6 is 0 Å². The summed E-state index contributed by atoms with van der Waals surface area (Å²) >= 11 is 0. The van der Waals surface area contributed by atoms with Gasteiger partial charge < -0.3 is 0 Å². The molecule has 0 N–H and O–H groups in total. The van der Waals surface area contributed by atoms with Gasteiger partial charge in [0, 0.05) is 47.0 Å². The summed E-state index contributed by atoms with van der Waals surface area (Å²) < 4.78 is 0. The van der Waals surface area contributed by atoms with Gasteiger partial charge in [-0.05, 0) is 60.2 Å². The maximum Gasteiger partial charge on any atom is 0.0469 e. The fraction of sp³-hybridized carbons (Fsp3) is 0.348. The van der Waals surface area contributed by atoms with Gasteiger partial charge in [0.1, 0.15) is 0 Å². The maximum atomic E-state index is 4.94. The van der Waals surface area contributed by atoms with Crippen LogP contribution in [0.4, 0.5) is 0 Å². The van der Waals surface area contributed by atoms with Crippen LogP contribution < -0.4 is 0 Å². The Bertz CT molecular complexity index is 870. The first-order valence-electron chi connectivity index (χ1n) is 9.36. The van der Waals surface area contributed by atoms with Gasteiger partial charge in [-0.25, -0.2) is 0 Å². The molecule has 1 aliphatic heterocycles. The van der Waals surface area contributed by atoms with E-state index in [1.807, 2.05) is 0 Å². The second-order valence-corrected chi connectivity index (χ2v) is 8.18. The SMILES string of the molecule is CC(C)(C)c1cc2nc(c1)Cc1cccc(n1)CCc1cccc(n1)C2. The minimum atomic E-state index is 0.0882. The number of hydrogen-bond donors (Lipinski definition) is 0. The molecule has 3 aromatic heterocycles. The van der Waals surface area contributed by atoms with Crippen LogP contribution in [0.5, 0.6) is 0 Å². The van der Waals surface area contributed by atoms with Gasteiger partial charge in [0.05, 0.1) is 0 Å². The van der Waals surface area contributed by atoms with Crippen molar-refractivity contribution in [3.8, 4) is 0 Å². The van der Waals surface area contributed by atoms with Crippen molar-refractivity contribution in [2.24, 2.45) is 0 Å². The molecule has 132 valence electrons. The Hall–Kier alpha value is -2.55. The average molecular weight is 343 g/mol. The van der Waals surface area contributed by atoms with Crippen molar-refractivity contribution >= 4 is 0 Å². The first kappa shape index (κ1) is 16.9. The third-order valence-electron chi connectivity index (χ3n) is 4.89. The summed E-state index contributed by atoms with van der Waals surface area (Å²) in [7, 11) is 0. The van der Waals surface area contributed by atoms with Crippen LogP contribution in [-0.2, 0) is 31.1 Å². The molecule has 0 aliphatic carbocycles. The van der Waals surface area contributed by atoms with Gasteiger partial charge in [-0.1, -0.05) is 32.9 Å². The van der Waals surface area contributed by atoms with E-state index in [1.54, 1.807) is 0 Å². The highest BCUT2D eigenvalue weighted by Gasteiger charge is 2.17. The van der Waals surface area contributed by atoms with Gasteiger partial charge in [-0.3, -0.25) is 15.0 Å². The molecule has 0 amide bonds. The first-order valence-corrected chi connectivity index (χ1v) is 9.36. The molecule has 0 atom stereocenters. The van der Waals surface area contributed by atoms with Crippen molar-refractivity contribution in [2.75, 3.05) is 0 Å². The zero-order valence-electron chi connectivity index (χ0n) is 15.8. The van der Waals surface area contributed by atoms with E-state index in [9.17, 15) is 0 Å². The van der Waals surface area contributed by atoms with Crippen molar-refractivity contribution < 1.29 is 0 Å². The van der Waals surface area contributed by atoms with E-state index in [4.69, 9.17) is 15.0 Å². The molecule has 0 unspecified atom stereocenters. The number of fused-ring (bicyclic) bond motifs is 6. The highest BCUT2D eigenvalue weighted by atomic mass is 14.8. The molecule has 0 fully saturated rings. The molecule has 4 heterocycles. The summed E-state index contributed by atoms with van der Waals surface area (Å²) in [6.45, 7) is 6.76. The smallest absolute Gasteiger partial charge is 0.0469 e. The highest BCUT2D eigenvalue weighted by molar-refractivity contribution is 5.32. The quantitative estimate of drug-likeness (QED) is 0.605. The Morgan fingerprint density at radius 2 is 1.04 bits per heavy atom. The van der Waals surface area contributed by atoms with Crippen LogP contribution in [0.1, 0.15) is 60.5 Å². The Morgan fingerprint density at radius 3 is 1.50 bits per heavy atom. The molecular formula is C23H25N3. The lowest BCUT2D eigenvalue weighted by Crippen LogP contribution is -2.14. The number of aromatic nitrogens is 3. The lowest BCUT2D eigenvalue weighted by Gasteiger charge is -2.21. The van der Waals surface area contributed by atoms with E-state index in [-0.39, 0.29) is 5.41 Å². The van der Waals surface area contributed by atoms with Gasteiger partial charge in [0.15, 0.2) is 0 Å². The summed E-state index contributed by atoms with van der Waals surface area (Å²) in [4.78, 5) is 14.6. The van der Waals surface area contributed by atoms with Crippen molar-refractivity contribution in [3.05, 3.63) is 88.3 Å². The molecule has 0 saturated heterocycles. The molecule has 3 aromatic rings. The summed E-state index contributed by atoms with van der Waals surface area (Å²) in [6, 6.07) is 17.1. The van der Waals surface area contributed by atoms with E-state index in [0.717, 1.165) is 59.8 Å². The van der Waals surface area contributed by atoms with Crippen LogP contribution in [0.3, 0.4) is 0 Å². The van der Waals surface area contributed by atoms with Gasteiger partial charge in [-0.2, -0.15) is 0 Å². The molecule has 0 saturated carbocycles. The van der Waals surface area contributed by atoms with Crippen molar-refractivity contribution in [3.63, 3.8) is 0 Å². The van der Waals surface area contributed by atoms with Crippen LogP contribution in [0, 0.1) is 0 Å². The van der Waals surface area contributed by atoms with Gasteiger partial charge in [0.25, 0.3) is 0 Å². The second kappa shape index (κ2) is 6.64. The Kier molecular flexibility index (Phi) is 4.31. The van der Waals surface area contributed by atoms with E-state index in [1.165, 1.54) is 5.56 Å². The highest BCUT2D eigenvalue weighted by Crippen LogP contribution is 2.25. The molecule has 1 aliphatic rings. The normalized spacial score (nSPS) is 14.1. The van der Waals surface area contributed by atoms with E-state index >= 15 is 0 Å². The second-order valence-electron chi connectivity index (χ2n) is 8.18. The fourth-order valence-corrected chi connectivity index (χ4v) is 3.42. The molecule has 3 heteroatoms. The minimum absolute atomic E-state index is 0.0882. The molecule has 6 bridgehead atoms. The molecule has 3 nitrogen and oxygen atoms in total. The van der Waals surface area contributed by atoms with Crippen molar-refractivity contribution in [1.82, 2.24) is 15.0 Å². The van der Waals surface area contributed by atoms with E-state index in [2.05, 4.69) is 69.3 Å². The zero-order chi connectivity index (χ0) is 18.1. The summed E-state index contributed by atoms with van der Waals surface area (Å²) in [5.41, 5.74) is 8.02. The minimum Gasteiger partial charge on any atom is -0.257 e. The standard InChI is InChI=1S/C23H25N3/c1-23(2,3)16-12-21-14-19-8-4-6-17(24-19)10-11-18-7-5-9-20(25-18)15-22(13-16)26-21/h4-9,12-13H,10-11,14-15H2,1-3H3. The molecule has 0 spiro atoms. The van der Waals surface area contributed by atoms with E-state index < -0.39 is 0 Å². The molecule has 4 rings (SSSR count). The van der Waals surface area contributed by atoms with Crippen molar-refractivity contribution in [1.29, 1.82) is 0 Å². The lowest BCUT2D eigenvalue weighted by molar-refractivity contribution is 0.586. The van der Waals surface area contributed by atoms with Crippen molar-refractivity contribution in [2.45, 2.75) is 51.9 Å². The topological polar surface area (TPSA) is 38.7 Å². The summed E-state index contributed by atoms with van der Waals surface area (Å²) in [6.07, 6.45) is 3.39. The molecular weight excluding hydrogens is 318 g/mol. The van der Waals surface area contributed by atoms with Crippen LogP contribution in [0.25, 0.3) is 0 Å². The van der Waals surface area contributed by atoms with Gasteiger partial charge in [0.2, 0.25) is 0 Å². The number of hydrogen-bond acceptors (Lipinski definition) is 3. The monoisotopic (exact) mass is 343 g/mol. The fourth-order valence-electron chi connectivity index (χ4n) is 3.42. The number of aryl methyl sites for hydroxylation is 2. The summed E-state index contributed by atoms with van der Waals surface area (Å²) in [5, 5.41) is 0. The lowest BCUT2D eigenvalue weighted by atomic mass is 9.86. The first-order chi connectivity index (χ1) is 12.5. The number of pyridine rings is 3. The van der Waals surface area contributed by atoms with Crippen LogP contribution in [0.2, 0.25) is 0 Å². The molecule has 26 heavy (non-hydrogen) atoms. The Labute approximate surface area is 155 Å². The third kappa shape index (κ3) is 3.82. The summed E-state index contributed by atoms with van der Waals surface area (Å²) in [5.74, 6) is 0. The van der Waals surface area contributed by atoms with Gasteiger partial charge >= 0.3 is 0 Å². The number of nitrogens with zero attached hydrogens (tertiary/aromatic N) is 3. The van der Waals surface area contributed by atoms with Gasteiger partial charge in [-0.15, -0.1) is 0 Å². The largest absolute Gasteiger partial charge is 0.257 e. The van der Waals surface area contributed by atoms with E-state index in [0.29, 0.717) is 0 Å². The predicted octanol–water partition coefficient (Wildman–Crippen LogP) is 4.45. The Morgan fingerprint density at radius 1 is 0.615 bits per heavy atom.